The van der Waals surface area contributed by atoms with Gasteiger partial charge in [0.15, 0.2) is 0 Å². The van der Waals surface area contributed by atoms with E-state index in [1.807, 2.05) is 4.90 Å². The second-order valence-corrected chi connectivity index (χ2v) is 7.00. The van der Waals surface area contributed by atoms with Crippen molar-refractivity contribution < 1.29 is 32.2 Å². The van der Waals surface area contributed by atoms with Gasteiger partial charge in [0.2, 0.25) is 5.91 Å². The van der Waals surface area contributed by atoms with Gasteiger partial charge >= 0.3 is 6.18 Å². The molecule has 0 aliphatic carbocycles. The molecule has 3 rings (SSSR count). The summed E-state index contributed by atoms with van der Waals surface area (Å²) < 4.78 is 55.5. The van der Waals surface area contributed by atoms with E-state index in [0.717, 1.165) is 12.1 Å². The van der Waals surface area contributed by atoms with Crippen molar-refractivity contribution in [3.05, 3.63) is 48.0 Å². The molecule has 0 bridgehead atoms. The van der Waals surface area contributed by atoms with Crippen molar-refractivity contribution in [2.24, 2.45) is 0 Å². The second kappa shape index (κ2) is 10.4. The number of rotatable bonds is 8. The van der Waals surface area contributed by atoms with E-state index in [1.54, 1.807) is 31.4 Å². The molecule has 1 N–H and O–H groups in total. The number of alkyl halides is 3. The maximum absolute atomic E-state index is 13.2. The highest BCUT2D eigenvalue weighted by atomic mass is 19.4. The molecule has 1 fully saturated rings. The van der Waals surface area contributed by atoms with Crippen molar-refractivity contribution in [2.75, 3.05) is 50.2 Å². The number of carbonyl (C=O) groups is 1. The van der Waals surface area contributed by atoms with Crippen LogP contribution >= 0.6 is 0 Å². The van der Waals surface area contributed by atoms with E-state index in [0.29, 0.717) is 56.5 Å². The number of morpholine rings is 1. The largest absolute Gasteiger partial charge is 0.497 e. The summed E-state index contributed by atoms with van der Waals surface area (Å²) in [6.07, 6.45) is -3.95. The number of benzene rings is 2. The zero-order valence-corrected chi connectivity index (χ0v) is 17.2. The first-order valence-electron chi connectivity index (χ1n) is 9.97. The number of anilines is 2. The Bertz CT molecular complexity index is 866. The fourth-order valence-electron chi connectivity index (χ4n) is 3.20. The van der Waals surface area contributed by atoms with Crippen molar-refractivity contribution >= 4 is 17.3 Å². The maximum atomic E-state index is 13.2. The number of ether oxygens (including phenoxy) is 3. The van der Waals surface area contributed by atoms with Gasteiger partial charge in [0.1, 0.15) is 11.5 Å². The van der Waals surface area contributed by atoms with E-state index in [2.05, 4.69) is 5.32 Å². The summed E-state index contributed by atoms with van der Waals surface area (Å²) in [5, 5.41) is 2.64. The lowest BCUT2D eigenvalue weighted by Gasteiger charge is -2.31. The molecule has 0 aromatic heterocycles. The lowest BCUT2D eigenvalue weighted by atomic mass is 10.1. The van der Waals surface area contributed by atoms with Gasteiger partial charge in [-0.05, 0) is 48.9 Å². The van der Waals surface area contributed by atoms with Gasteiger partial charge in [-0.1, -0.05) is 0 Å². The summed E-state index contributed by atoms with van der Waals surface area (Å²) >= 11 is 0. The van der Waals surface area contributed by atoms with Crippen LogP contribution in [0.25, 0.3) is 0 Å². The molecule has 1 heterocycles. The molecule has 31 heavy (non-hydrogen) atoms. The molecule has 6 nitrogen and oxygen atoms in total. The summed E-state index contributed by atoms with van der Waals surface area (Å²) in [6.45, 7) is 2.36. The molecular weight excluding hydrogens is 413 g/mol. The number of nitrogens with one attached hydrogen (secondary N) is 1. The first-order valence-corrected chi connectivity index (χ1v) is 9.97. The van der Waals surface area contributed by atoms with Crippen molar-refractivity contribution in [1.29, 1.82) is 0 Å². The minimum absolute atomic E-state index is 0.120. The minimum Gasteiger partial charge on any atom is -0.497 e. The van der Waals surface area contributed by atoms with Gasteiger partial charge in [0.25, 0.3) is 0 Å². The van der Waals surface area contributed by atoms with Crippen LogP contribution in [0.3, 0.4) is 0 Å². The number of methoxy groups -OCH3 is 1. The number of carbonyl (C=O) groups excluding carboxylic acids is 1. The van der Waals surface area contributed by atoms with Gasteiger partial charge in [-0.2, -0.15) is 13.2 Å². The van der Waals surface area contributed by atoms with Crippen LogP contribution in [0.4, 0.5) is 24.5 Å². The van der Waals surface area contributed by atoms with Crippen LogP contribution in [0.5, 0.6) is 11.5 Å². The van der Waals surface area contributed by atoms with Crippen LogP contribution in [0.15, 0.2) is 42.5 Å². The van der Waals surface area contributed by atoms with Gasteiger partial charge in [-0.25, -0.2) is 0 Å². The minimum atomic E-state index is -4.49. The molecule has 9 heteroatoms. The fourth-order valence-corrected chi connectivity index (χ4v) is 3.20. The number of halogens is 3. The molecule has 2 aromatic carbocycles. The van der Waals surface area contributed by atoms with Crippen LogP contribution in [0.1, 0.15) is 18.4 Å². The Morgan fingerprint density at radius 2 is 1.77 bits per heavy atom. The van der Waals surface area contributed by atoms with E-state index in [4.69, 9.17) is 14.2 Å². The van der Waals surface area contributed by atoms with Gasteiger partial charge in [0, 0.05) is 19.5 Å². The first-order chi connectivity index (χ1) is 14.9. The lowest BCUT2D eigenvalue weighted by Crippen LogP contribution is -2.36. The van der Waals surface area contributed by atoms with Crippen LogP contribution in [0, 0.1) is 0 Å². The van der Waals surface area contributed by atoms with E-state index >= 15 is 0 Å². The second-order valence-electron chi connectivity index (χ2n) is 7.00. The van der Waals surface area contributed by atoms with Crippen LogP contribution in [-0.2, 0) is 15.7 Å². The van der Waals surface area contributed by atoms with Crippen molar-refractivity contribution in [2.45, 2.75) is 19.0 Å². The topological polar surface area (TPSA) is 60.0 Å². The summed E-state index contributed by atoms with van der Waals surface area (Å²) in [5.41, 5.74) is -0.0976. The molecule has 0 atom stereocenters. The predicted octanol–water partition coefficient (Wildman–Crippen LogP) is 4.35. The normalized spacial score (nSPS) is 14.3. The van der Waals surface area contributed by atoms with E-state index < -0.39 is 11.7 Å². The Kier molecular flexibility index (Phi) is 7.62. The van der Waals surface area contributed by atoms with Gasteiger partial charge in [-0.15, -0.1) is 0 Å². The number of amides is 1. The summed E-state index contributed by atoms with van der Waals surface area (Å²) in [7, 11) is 1.57. The molecule has 0 saturated carbocycles. The Balaban J connectivity index is 1.59. The SMILES string of the molecule is COc1ccc(OCCCC(=O)Nc2cc(C(F)(F)F)ccc2N2CCOCC2)cc1. The molecule has 1 aliphatic heterocycles. The number of hydrogen-bond acceptors (Lipinski definition) is 5. The molecule has 1 saturated heterocycles. The van der Waals surface area contributed by atoms with Gasteiger partial charge in [-0.3, -0.25) is 4.79 Å². The molecular formula is C22H25F3N2O4. The van der Waals surface area contributed by atoms with E-state index in [1.165, 1.54) is 6.07 Å². The Hall–Kier alpha value is -2.94. The molecule has 168 valence electrons. The van der Waals surface area contributed by atoms with E-state index in [-0.39, 0.29) is 18.0 Å². The maximum Gasteiger partial charge on any atom is 0.416 e. The highest BCUT2D eigenvalue weighted by Gasteiger charge is 2.31. The average molecular weight is 438 g/mol. The number of hydrogen-bond donors (Lipinski definition) is 1. The molecule has 1 amide bonds. The molecule has 1 aliphatic rings. The van der Waals surface area contributed by atoms with Crippen LogP contribution < -0.4 is 19.7 Å². The highest BCUT2D eigenvalue weighted by Crippen LogP contribution is 2.35. The van der Waals surface area contributed by atoms with Crippen LogP contribution in [0.2, 0.25) is 0 Å². The fraction of sp³-hybridized carbons (Fsp3) is 0.409. The quantitative estimate of drug-likeness (QED) is 0.621. The Morgan fingerprint density at radius 3 is 2.42 bits per heavy atom. The van der Waals surface area contributed by atoms with Gasteiger partial charge < -0.3 is 24.4 Å². The third-order valence-corrected chi connectivity index (χ3v) is 4.83. The predicted molar refractivity (Wildman–Crippen MR) is 111 cm³/mol. The van der Waals surface area contributed by atoms with Crippen molar-refractivity contribution in [3.63, 3.8) is 0 Å². The standard InChI is InChI=1S/C22H25F3N2O4/c1-29-17-5-7-18(8-6-17)31-12-2-3-21(28)26-19-15-16(22(23,24)25)4-9-20(19)27-10-13-30-14-11-27/h4-9,15H,2-3,10-14H2,1H3,(H,26,28). The zero-order valence-electron chi connectivity index (χ0n) is 17.2. The molecule has 0 radical (unpaired) electrons. The average Bonchev–Trinajstić information content (AvgIpc) is 2.77. The third-order valence-electron chi connectivity index (χ3n) is 4.83. The van der Waals surface area contributed by atoms with Crippen molar-refractivity contribution in [3.8, 4) is 11.5 Å². The highest BCUT2D eigenvalue weighted by molar-refractivity contribution is 5.94. The van der Waals surface area contributed by atoms with Gasteiger partial charge in [0.05, 0.1) is 43.9 Å². The molecule has 0 unspecified atom stereocenters. The summed E-state index contributed by atoms with van der Waals surface area (Å²) in [5.74, 6) is 0.991. The monoisotopic (exact) mass is 438 g/mol. The lowest BCUT2D eigenvalue weighted by molar-refractivity contribution is -0.137. The zero-order chi connectivity index (χ0) is 22.3. The Morgan fingerprint density at radius 1 is 1.10 bits per heavy atom. The molecule has 0 spiro atoms. The summed E-state index contributed by atoms with van der Waals surface area (Å²) in [4.78, 5) is 14.3. The summed E-state index contributed by atoms with van der Waals surface area (Å²) in [6, 6.07) is 10.5. The Labute approximate surface area is 178 Å². The third kappa shape index (κ3) is 6.52. The first kappa shape index (κ1) is 22.7. The van der Waals surface area contributed by atoms with Crippen LogP contribution in [-0.4, -0.2) is 45.9 Å². The number of nitrogens with zero attached hydrogens (tertiary/aromatic N) is 1. The molecule has 2 aromatic rings. The van der Waals surface area contributed by atoms with Crippen molar-refractivity contribution in [1.82, 2.24) is 0 Å². The van der Waals surface area contributed by atoms with E-state index in [9.17, 15) is 18.0 Å². The smallest absolute Gasteiger partial charge is 0.416 e.